The number of anilines is 1. The lowest BCUT2D eigenvalue weighted by atomic mass is 10.0. The van der Waals surface area contributed by atoms with Crippen LogP contribution in [0.5, 0.6) is 0 Å². The molecule has 0 unspecified atom stereocenters. The van der Waals surface area contributed by atoms with Crippen LogP contribution in [0.4, 0.5) is 5.69 Å². The van der Waals surface area contributed by atoms with Gasteiger partial charge in [-0.15, -0.1) is 0 Å². The zero-order valence-electron chi connectivity index (χ0n) is 18.8. The number of aliphatic imine (C=N–C) groups is 1. The van der Waals surface area contributed by atoms with E-state index in [0.717, 1.165) is 11.1 Å². The number of hydrogen-bond acceptors (Lipinski definition) is 7. The molecule has 2 N–H and O–H groups in total. The quantitative estimate of drug-likeness (QED) is 0.562. The van der Waals surface area contributed by atoms with Crippen LogP contribution in [0.1, 0.15) is 27.4 Å². The molecule has 9 nitrogen and oxygen atoms in total. The number of sulfone groups is 1. The fraction of sp³-hybridized carbons (Fsp3) is 0.240. The van der Waals surface area contributed by atoms with Crippen molar-refractivity contribution in [2.75, 3.05) is 29.9 Å². The fourth-order valence-corrected chi connectivity index (χ4v) is 5.37. The van der Waals surface area contributed by atoms with Crippen LogP contribution in [0.3, 0.4) is 0 Å². The number of hydrogen-bond donors (Lipinski definition) is 2. The molecule has 10 heteroatoms. The number of fused-ring (bicyclic) bond motifs is 1. The maximum atomic E-state index is 12.9. The number of rotatable bonds is 5. The largest absolute Gasteiger partial charge is 0.455 e. The molecule has 1 saturated heterocycles. The first kappa shape index (κ1) is 23.0. The van der Waals surface area contributed by atoms with E-state index in [1.807, 2.05) is 53.4 Å². The predicted molar refractivity (Wildman–Crippen MR) is 131 cm³/mol. The van der Waals surface area contributed by atoms with Gasteiger partial charge in [-0.1, -0.05) is 48.5 Å². The summed E-state index contributed by atoms with van der Waals surface area (Å²) in [6.45, 7) is 1.24. The van der Waals surface area contributed by atoms with Crippen LogP contribution >= 0.6 is 0 Å². The molecule has 180 valence electrons. The lowest BCUT2D eigenvalue weighted by Crippen LogP contribution is -2.42. The van der Waals surface area contributed by atoms with E-state index in [1.165, 1.54) is 6.07 Å². The summed E-state index contributed by atoms with van der Waals surface area (Å²) >= 11 is 0. The van der Waals surface area contributed by atoms with E-state index in [4.69, 9.17) is 4.42 Å². The van der Waals surface area contributed by atoms with E-state index in [1.54, 1.807) is 12.1 Å². The molecule has 2 amide bonds. The van der Waals surface area contributed by atoms with Gasteiger partial charge in [0.05, 0.1) is 29.4 Å². The number of benzene rings is 2. The highest BCUT2D eigenvalue weighted by molar-refractivity contribution is 7.91. The average molecular weight is 493 g/mol. The SMILES string of the molecule is O=C(N[C@H]1N=C(c2ccccc2)c2ccccc2NC1=O)c1ccc(CN2CCS(=O)(=O)CC2)o1. The molecule has 2 aromatic carbocycles. The summed E-state index contributed by atoms with van der Waals surface area (Å²) in [5, 5.41) is 5.50. The summed E-state index contributed by atoms with van der Waals surface area (Å²) in [6.07, 6.45) is -1.16. The third-order valence-electron chi connectivity index (χ3n) is 5.96. The van der Waals surface area contributed by atoms with Crippen molar-refractivity contribution in [3.63, 3.8) is 0 Å². The van der Waals surface area contributed by atoms with Gasteiger partial charge in [0.2, 0.25) is 6.17 Å². The topological polar surface area (TPSA) is 121 Å². The standard InChI is InChI=1S/C25H24N4O5S/c30-24(21-11-10-18(34-21)16-29-12-14-35(32,33)15-13-29)28-23-25(31)26-20-9-5-4-8-19(20)22(27-23)17-6-2-1-3-7-17/h1-11,23H,12-16H2,(H,26,31)(H,28,30)/t23-/m1/s1. The molecule has 2 aliphatic heterocycles. The number of benzodiazepines with no additional fused rings is 1. The Morgan fingerprint density at radius 2 is 1.74 bits per heavy atom. The van der Waals surface area contributed by atoms with Crippen molar-refractivity contribution in [3.05, 3.63) is 89.4 Å². The summed E-state index contributed by atoms with van der Waals surface area (Å²) in [4.78, 5) is 32.4. The van der Waals surface area contributed by atoms with Gasteiger partial charge >= 0.3 is 0 Å². The number of para-hydroxylation sites is 1. The Balaban J connectivity index is 1.34. The summed E-state index contributed by atoms with van der Waals surface area (Å²) in [5.41, 5.74) is 2.78. The fourth-order valence-electron chi connectivity index (χ4n) is 4.09. The van der Waals surface area contributed by atoms with E-state index >= 15 is 0 Å². The highest BCUT2D eigenvalue weighted by Gasteiger charge is 2.28. The van der Waals surface area contributed by atoms with Crippen molar-refractivity contribution < 1.29 is 22.4 Å². The second-order valence-electron chi connectivity index (χ2n) is 8.45. The van der Waals surface area contributed by atoms with Gasteiger partial charge < -0.3 is 15.1 Å². The Bertz CT molecular complexity index is 1380. The lowest BCUT2D eigenvalue weighted by molar-refractivity contribution is -0.117. The van der Waals surface area contributed by atoms with Crippen LogP contribution in [0.15, 0.2) is 76.1 Å². The van der Waals surface area contributed by atoms with Gasteiger partial charge in [-0.2, -0.15) is 0 Å². The molecule has 0 aliphatic carbocycles. The molecule has 1 atom stereocenters. The van der Waals surface area contributed by atoms with Crippen LogP contribution in [-0.2, 0) is 21.2 Å². The van der Waals surface area contributed by atoms with Crippen LogP contribution < -0.4 is 10.6 Å². The minimum atomic E-state index is -2.97. The summed E-state index contributed by atoms with van der Waals surface area (Å²) < 4.78 is 28.9. The number of nitrogens with one attached hydrogen (secondary N) is 2. The van der Waals surface area contributed by atoms with E-state index in [0.29, 0.717) is 36.8 Å². The first-order valence-corrected chi connectivity index (χ1v) is 13.1. The monoisotopic (exact) mass is 492 g/mol. The second kappa shape index (κ2) is 9.47. The van der Waals surface area contributed by atoms with Crippen molar-refractivity contribution in [2.45, 2.75) is 12.7 Å². The van der Waals surface area contributed by atoms with Gasteiger partial charge in [0.25, 0.3) is 11.8 Å². The molecular weight excluding hydrogens is 468 g/mol. The maximum absolute atomic E-state index is 12.9. The number of furan rings is 1. The summed E-state index contributed by atoms with van der Waals surface area (Å²) in [7, 11) is -2.97. The smallest absolute Gasteiger partial charge is 0.289 e. The van der Waals surface area contributed by atoms with Gasteiger partial charge in [0.1, 0.15) is 5.76 Å². The molecule has 1 aromatic heterocycles. The molecule has 0 spiro atoms. The zero-order chi connectivity index (χ0) is 24.4. The Labute approximate surface area is 202 Å². The zero-order valence-corrected chi connectivity index (χ0v) is 19.6. The number of amides is 2. The molecule has 3 aromatic rings. The molecule has 2 aliphatic rings. The molecular formula is C25H24N4O5S. The van der Waals surface area contributed by atoms with Crippen molar-refractivity contribution >= 4 is 33.1 Å². The first-order chi connectivity index (χ1) is 16.9. The van der Waals surface area contributed by atoms with Gasteiger partial charge in [-0.3, -0.25) is 14.5 Å². The van der Waals surface area contributed by atoms with Crippen molar-refractivity contribution in [1.29, 1.82) is 0 Å². The predicted octanol–water partition coefficient (Wildman–Crippen LogP) is 2.06. The van der Waals surface area contributed by atoms with Crippen LogP contribution in [0.25, 0.3) is 0 Å². The van der Waals surface area contributed by atoms with Crippen LogP contribution in [0, 0.1) is 0 Å². The van der Waals surface area contributed by atoms with E-state index in [-0.39, 0.29) is 17.3 Å². The Morgan fingerprint density at radius 1 is 1.03 bits per heavy atom. The minimum Gasteiger partial charge on any atom is -0.455 e. The highest BCUT2D eigenvalue weighted by atomic mass is 32.2. The van der Waals surface area contributed by atoms with Crippen LogP contribution in [-0.4, -0.2) is 61.6 Å². The Morgan fingerprint density at radius 3 is 2.51 bits per heavy atom. The maximum Gasteiger partial charge on any atom is 0.289 e. The number of carbonyl (C=O) groups excluding carboxylic acids is 2. The first-order valence-electron chi connectivity index (χ1n) is 11.2. The van der Waals surface area contributed by atoms with E-state index in [9.17, 15) is 18.0 Å². The van der Waals surface area contributed by atoms with Crippen molar-refractivity contribution in [2.24, 2.45) is 4.99 Å². The molecule has 0 radical (unpaired) electrons. The molecule has 0 bridgehead atoms. The molecule has 35 heavy (non-hydrogen) atoms. The Hall–Kier alpha value is -3.76. The molecule has 5 rings (SSSR count). The Kier molecular flexibility index (Phi) is 6.23. The van der Waals surface area contributed by atoms with Crippen molar-refractivity contribution in [1.82, 2.24) is 10.2 Å². The van der Waals surface area contributed by atoms with E-state index in [2.05, 4.69) is 15.6 Å². The van der Waals surface area contributed by atoms with Gasteiger partial charge in [-0.25, -0.2) is 13.4 Å². The third kappa shape index (κ3) is 5.18. The van der Waals surface area contributed by atoms with Crippen molar-refractivity contribution in [3.8, 4) is 0 Å². The second-order valence-corrected chi connectivity index (χ2v) is 10.8. The number of nitrogens with zero attached hydrogens (tertiary/aromatic N) is 2. The summed E-state index contributed by atoms with van der Waals surface area (Å²) in [6, 6.07) is 20.0. The average Bonchev–Trinajstić information content (AvgIpc) is 3.27. The summed E-state index contributed by atoms with van der Waals surface area (Å²) in [5.74, 6) is -0.210. The normalized spacial score (nSPS) is 19.7. The van der Waals surface area contributed by atoms with Gasteiger partial charge in [0, 0.05) is 24.2 Å². The van der Waals surface area contributed by atoms with E-state index < -0.39 is 27.8 Å². The van der Waals surface area contributed by atoms with Gasteiger partial charge in [-0.05, 0) is 18.2 Å². The van der Waals surface area contributed by atoms with Crippen LogP contribution in [0.2, 0.25) is 0 Å². The molecule has 1 fully saturated rings. The minimum absolute atomic E-state index is 0.0515. The highest BCUT2D eigenvalue weighted by Crippen LogP contribution is 2.24. The molecule has 0 saturated carbocycles. The number of carbonyl (C=O) groups is 2. The van der Waals surface area contributed by atoms with Gasteiger partial charge in [0.15, 0.2) is 15.6 Å². The third-order valence-corrected chi connectivity index (χ3v) is 7.57. The lowest BCUT2D eigenvalue weighted by Gasteiger charge is -2.25. The molecule has 3 heterocycles.